The van der Waals surface area contributed by atoms with E-state index < -0.39 is 5.97 Å². The molecule has 0 bridgehead atoms. The minimum absolute atomic E-state index is 0.189. The Balaban J connectivity index is 1.90. The van der Waals surface area contributed by atoms with Gasteiger partial charge in [-0.25, -0.2) is 4.79 Å². The first kappa shape index (κ1) is 20.6. The fraction of sp³-hybridized carbons (Fsp3) is 0.579. The molecule has 0 heterocycles. The highest BCUT2D eigenvalue weighted by Gasteiger charge is 2.02. The predicted molar refractivity (Wildman–Crippen MR) is 99.5 cm³/mol. The molecule has 134 valence electrons. The van der Waals surface area contributed by atoms with Gasteiger partial charge in [-0.3, -0.25) is 4.79 Å². The first-order chi connectivity index (χ1) is 11.6. The van der Waals surface area contributed by atoms with Crippen LogP contribution in [0.1, 0.15) is 74.6 Å². The van der Waals surface area contributed by atoms with Crippen LogP contribution in [0.3, 0.4) is 0 Å². The molecule has 1 aromatic carbocycles. The molecule has 0 unspecified atom stereocenters. The third-order valence-electron chi connectivity index (χ3n) is 3.94. The average Bonchev–Trinajstić information content (AvgIpc) is 2.56. The van der Waals surface area contributed by atoms with Crippen molar-refractivity contribution in [3.8, 4) is 0 Å². The molecule has 1 aromatic rings. The Morgan fingerprint density at radius 1 is 0.833 bits per heavy atom. The summed E-state index contributed by atoms with van der Waals surface area (Å²) in [6.07, 6.45) is 11.3. The van der Waals surface area contributed by atoms with Crippen LogP contribution in [0, 0.1) is 0 Å². The number of hydrogen-bond donors (Lipinski definition) is 2. The lowest BCUT2D eigenvalue weighted by molar-refractivity contribution is -0.118. The molecule has 3 N–H and O–H groups in total. The molecular weight excluding hydrogens is 322 g/mol. The van der Waals surface area contributed by atoms with Crippen LogP contribution >= 0.6 is 11.8 Å². The SMILES string of the molecule is NC(=O)CCCCCCCCCCCSc1ccc(C(=O)O)cc1. The molecule has 5 heteroatoms. The molecule has 0 aromatic heterocycles. The summed E-state index contributed by atoms with van der Waals surface area (Å²) in [5.74, 6) is 0.0182. The number of carbonyl (C=O) groups is 2. The van der Waals surface area contributed by atoms with E-state index in [9.17, 15) is 9.59 Å². The number of hydrogen-bond acceptors (Lipinski definition) is 3. The van der Waals surface area contributed by atoms with Gasteiger partial charge in [-0.1, -0.05) is 44.9 Å². The highest BCUT2D eigenvalue weighted by Crippen LogP contribution is 2.20. The number of amides is 1. The zero-order chi connectivity index (χ0) is 17.6. The van der Waals surface area contributed by atoms with Gasteiger partial charge in [-0.15, -0.1) is 11.8 Å². The van der Waals surface area contributed by atoms with Gasteiger partial charge in [0.2, 0.25) is 5.91 Å². The van der Waals surface area contributed by atoms with E-state index in [0.29, 0.717) is 12.0 Å². The normalized spacial score (nSPS) is 10.7. The van der Waals surface area contributed by atoms with E-state index in [-0.39, 0.29) is 5.91 Å². The standard InChI is InChI=1S/C19H29NO3S/c20-18(21)10-8-6-4-2-1-3-5-7-9-15-24-17-13-11-16(12-14-17)19(22)23/h11-14H,1-10,15H2,(H2,20,21)(H,22,23). The van der Waals surface area contributed by atoms with Crippen molar-refractivity contribution in [1.29, 1.82) is 0 Å². The van der Waals surface area contributed by atoms with Crippen molar-refractivity contribution in [2.24, 2.45) is 5.73 Å². The van der Waals surface area contributed by atoms with Gasteiger partial charge >= 0.3 is 5.97 Å². The van der Waals surface area contributed by atoms with Crippen molar-refractivity contribution in [3.05, 3.63) is 29.8 Å². The zero-order valence-electron chi connectivity index (χ0n) is 14.3. The van der Waals surface area contributed by atoms with Crippen molar-refractivity contribution in [2.75, 3.05) is 5.75 Å². The van der Waals surface area contributed by atoms with Gasteiger partial charge < -0.3 is 10.8 Å². The zero-order valence-corrected chi connectivity index (χ0v) is 15.2. The molecule has 0 atom stereocenters. The summed E-state index contributed by atoms with van der Waals surface area (Å²) in [4.78, 5) is 22.5. The number of unbranched alkanes of at least 4 members (excludes halogenated alkanes) is 8. The maximum atomic E-state index is 10.8. The number of carboxylic acid groups (broad SMARTS) is 1. The fourth-order valence-corrected chi connectivity index (χ4v) is 3.44. The van der Waals surface area contributed by atoms with Crippen LogP contribution in [0.25, 0.3) is 0 Å². The number of benzene rings is 1. The summed E-state index contributed by atoms with van der Waals surface area (Å²) in [6.45, 7) is 0. The van der Waals surface area contributed by atoms with E-state index in [1.54, 1.807) is 23.9 Å². The molecule has 4 nitrogen and oxygen atoms in total. The van der Waals surface area contributed by atoms with Crippen LogP contribution in [-0.4, -0.2) is 22.7 Å². The summed E-state index contributed by atoms with van der Waals surface area (Å²) < 4.78 is 0. The van der Waals surface area contributed by atoms with Crippen molar-refractivity contribution in [1.82, 2.24) is 0 Å². The predicted octanol–water partition coefficient (Wildman–Crippen LogP) is 4.86. The third kappa shape index (κ3) is 10.3. The summed E-state index contributed by atoms with van der Waals surface area (Å²) in [7, 11) is 0. The Morgan fingerprint density at radius 2 is 1.33 bits per heavy atom. The Kier molecular flexibility index (Phi) is 11.0. The van der Waals surface area contributed by atoms with Crippen LogP contribution in [0.15, 0.2) is 29.2 Å². The second kappa shape index (κ2) is 12.9. The maximum Gasteiger partial charge on any atom is 0.335 e. The maximum absolute atomic E-state index is 10.8. The van der Waals surface area contributed by atoms with E-state index in [0.717, 1.165) is 23.5 Å². The average molecular weight is 352 g/mol. The summed E-state index contributed by atoms with van der Waals surface area (Å²) in [5.41, 5.74) is 5.45. The lowest BCUT2D eigenvalue weighted by Gasteiger charge is -2.03. The molecule has 0 aliphatic heterocycles. The molecule has 0 aliphatic rings. The minimum Gasteiger partial charge on any atom is -0.478 e. The highest BCUT2D eigenvalue weighted by atomic mass is 32.2. The van der Waals surface area contributed by atoms with Gasteiger partial charge in [0.05, 0.1) is 5.56 Å². The molecule has 24 heavy (non-hydrogen) atoms. The molecule has 0 saturated heterocycles. The number of carboxylic acids is 1. The molecule has 0 radical (unpaired) electrons. The van der Waals surface area contributed by atoms with Crippen LogP contribution in [0.4, 0.5) is 0 Å². The smallest absolute Gasteiger partial charge is 0.335 e. The topological polar surface area (TPSA) is 80.4 Å². The number of rotatable bonds is 14. The van der Waals surface area contributed by atoms with Gasteiger partial charge in [-0.2, -0.15) is 0 Å². The first-order valence-electron chi connectivity index (χ1n) is 8.84. The van der Waals surface area contributed by atoms with Crippen LogP contribution in [-0.2, 0) is 4.79 Å². The summed E-state index contributed by atoms with van der Waals surface area (Å²) in [5, 5.41) is 8.85. The molecule has 0 fully saturated rings. The van der Waals surface area contributed by atoms with E-state index in [1.807, 2.05) is 12.1 Å². The van der Waals surface area contributed by atoms with Gasteiger partial charge in [0.25, 0.3) is 0 Å². The number of thioether (sulfide) groups is 1. The lowest BCUT2D eigenvalue weighted by atomic mass is 10.1. The van der Waals surface area contributed by atoms with Crippen molar-refractivity contribution in [2.45, 2.75) is 69.1 Å². The van der Waals surface area contributed by atoms with E-state index in [4.69, 9.17) is 10.8 Å². The Labute approximate surface area is 149 Å². The Bertz CT molecular complexity index is 488. The number of nitrogens with two attached hydrogens (primary N) is 1. The molecular formula is C19H29NO3S. The number of aromatic carboxylic acids is 1. The van der Waals surface area contributed by atoms with E-state index in [1.165, 1.54) is 44.9 Å². The molecule has 0 spiro atoms. The van der Waals surface area contributed by atoms with Crippen molar-refractivity contribution < 1.29 is 14.7 Å². The van der Waals surface area contributed by atoms with Gasteiger partial charge in [0, 0.05) is 11.3 Å². The molecule has 1 amide bonds. The van der Waals surface area contributed by atoms with Crippen LogP contribution < -0.4 is 5.73 Å². The molecule has 1 rings (SSSR count). The second-order valence-corrected chi connectivity index (χ2v) is 7.24. The first-order valence-corrected chi connectivity index (χ1v) is 9.82. The van der Waals surface area contributed by atoms with Crippen molar-refractivity contribution >= 4 is 23.6 Å². The highest BCUT2D eigenvalue weighted by molar-refractivity contribution is 7.99. The van der Waals surface area contributed by atoms with Gasteiger partial charge in [-0.05, 0) is 42.9 Å². The van der Waals surface area contributed by atoms with E-state index in [2.05, 4.69) is 0 Å². The number of carbonyl (C=O) groups excluding carboxylic acids is 1. The Hall–Kier alpha value is -1.49. The molecule has 0 aliphatic carbocycles. The fourth-order valence-electron chi connectivity index (χ4n) is 2.52. The minimum atomic E-state index is -0.876. The summed E-state index contributed by atoms with van der Waals surface area (Å²) >= 11 is 1.79. The van der Waals surface area contributed by atoms with Gasteiger partial charge in [0.15, 0.2) is 0 Å². The monoisotopic (exact) mass is 351 g/mol. The third-order valence-corrected chi connectivity index (χ3v) is 5.04. The number of primary amides is 1. The lowest BCUT2D eigenvalue weighted by Crippen LogP contribution is -2.09. The molecule has 0 saturated carbocycles. The quantitative estimate of drug-likeness (QED) is 0.370. The van der Waals surface area contributed by atoms with E-state index >= 15 is 0 Å². The van der Waals surface area contributed by atoms with Gasteiger partial charge in [0.1, 0.15) is 0 Å². The largest absolute Gasteiger partial charge is 0.478 e. The second-order valence-electron chi connectivity index (χ2n) is 6.08. The van der Waals surface area contributed by atoms with Crippen molar-refractivity contribution in [3.63, 3.8) is 0 Å². The van der Waals surface area contributed by atoms with Crippen LogP contribution in [0.5, 0.6) is 0 Å². The Morgan fingerprint density at radius 3 is 1.83 bits per heavy atom. The summed E-state index contributed by atoms with van der Waals surface area (Å²) in [6, 6.07) is 7.08. The van der Waals surface area contributed by atoms with Crippen LogP contribution in [0.2, 0.25) is 0 Å².